The zero-order valence-corrected chi connectivity index (χ0v) is 16.4. The van der Waals surface area contributed by atoms with Gasteiger partial charge in [-0.1, -0.05) is 35.9 Å². The standard InChI is InChI=1S/C21H22N2O4S/c1-17-9-11-18(12-10-17)23(28(25,26)20-7-3-2-4-8-20)14-13-21(24)22-16-19-6-5-15-27-19/h2-12,15H,13-14,16H2,1H3,(H,22,24). The molecule has 3 rings (SSSR count). The van der Waals surface area contributed by atoms with Gasteiger partial charge >= 0.3 is 0 Å². The van der Waals surface area contributed by atoms with Gasteiger partial charge in [-0.25, -0.2) is 8.42 Å². The average Bonchev–Trinajstić information content (AvgIpc) is 3.22. The topological polar surface area (TPSA) is 79.6 Å². The molecule has 28 heavy (non-hydrogen) atoms. The Kier molecular flexibility index (Phi) is 6.16. The monoisotopic (exact) mass is 398 g/mol. The molecular weight excluding hydrogens is 376 g/mol. The van der Waals surface area contributed by atoms with E-state index in [4.69, 9.17) is 4.42 Å². The molecule has 0 aliphatic heterocycles. The van der Waals surface area contributed by atoms with Gasteiger partial charge in [-0.05, 0) is 43.3 Å². The number of nitrogens with one attached hydrogen (secondary N) is 1. The van der Waals surface area contributed by atoms with Crippen molar-refractivity contribution >= 4 is 21.6 Å². The summed E-state index contributed by atoms with van der Waals surface area (Å²) in [5.74, 6) is 0.387. The van der Waals surface area contributed by atoms with Crippen molar-refractivity contribution in [3.63, 3.8) is 0 Å². The van der Waals surface area contributed by atoms with E-state index >= 15 is 0 Å². The number of furan rings is 1. The smallest absolute Gasteiger partial charge is 0.264 e. The Morgan fingerprint density at radius 1 is 1.00 bits per heavy atom. The van der Waals surface area contributed by atoms with Crippen LogP contribution in [0.3, 0.4) is 0 Å². The summed E-state index contributed by atoms with van der Waals surface area (Å²) in [5, 5.41) is 2.74. The van der Waals surface area contributed by atoms with Crippen LogP contribution in [0.15, 0.2) is 82.3 Å². The predicted octanol–water partition coefficient (Wildman–Crippen LogP) is 3.49. The van der Waals surface area contributed by atoms with Crippen molar-refractivity contribution in [1.29, 1.82) is 0 Å². The number of rotatable bonds is 8. The molecule has 0 aliphatic carbocycles. The molecule has 0 radical (unpaired) electrons. The summed E-state index contributed by atoms with van der Waals surface area (Å²) in [7, 11) is -3.79. The first kappa shape index (κ1) is 19.7. The third-order valence-electron chi connectivity index (χ3n) is 4.24. The Morgan fingerprint density at radius 2 is 1.71 bits per heavy atom. The molecule has 0 saturated heterocycles. The van der Waals surface area contributed by atoms with E-state index in [0.717, 1.165) is 5.56 Å². The Labute approximate surface area is 164 Å². The van der Waals surface area contributed by atoms with E-state index in [2.05, 4.69) is 5.32 Å². The van der Waals surface area contributed by atoms with Gasteiger partial charge in [-0.3, -0.25) is 9.10 Å². The molecular formula is C21H22N2O4S. The lowest BCUT2D eigenvalue weighted by molar-refractivity contribution is -0.121. The van der Waals surface area contributed by atoms with Crippen molar-refractivity contribution in [2.75, 3.05) is 10.8 Å². The van der Waals surface area contributed by atoms with Crippen molar-refractivity contribution in [2.24, 2.45) is 0 Å². The molecule has 0 aliphatic rings. The highest BCUT2D eigenvalue weighted by molar-refractivity contribution is 7.92. The van der Waals surface area contributed by atoms with E-state index in [0.29, 0.717) is 11.4 Å². The van der Waals surface area contributed by atoms with Gasteiger partial charge in [0.05, 0.1) is 23.4 Å². The van der Waals surface area contributed by atoms with Crippen LogP contribution in [0.1, 0.15) is 17.7 Å². The van der Waals surface area contributed by atoms with Crippen molar-refractivity contribution in [3.05, 3.63) is 84.3 Å². The maximum absolute atomic E-state index is 13.2. The minimum absolute atomic E-state index is 0.0284. The van der Waals surface area contributed by atoms with Crippen LogP contribution in [-0.4, -0.2) is 20.9 Å². The highest BCUT2D eigenvalue weighted by Crippen LogP contribution is 2.24. The second kappa shape index (κ2) is 8.75. The summed E-state index contributed by atoms with van der Waals surface area (Å²) in [6.07, 6.45) is 1.56. The normalized spacial score (nSPS) is 11.2. The van der Waals surface area contributed by atoms with Crippen LogP contribution in [0, 0.1) is 6.92 Å². The lowest BCUT2D eigenvalue weighted by Gasteiger charge is -2.24. The second-order valence-corrected chi connectivity index (χ2v) is 8.19. The molecule has 1 aromatic heterocycles. The number of benzene rings is 2. The largest absolute Gasteiger partial charge is 0.467 e. The fourth-order valence-electron chi connectivity index (χ4n) is 2.71. The lowest BCUT2D eigenvalue weighted by Crippen LogP contribution is -2.35. The third kappa shape index (κ3) is 4.80. The molecule has 1 amide bonds. The molecule has 0 bridgehead atoms. The maximum Gasteiger partial charge on any atom is 0.264 e. The SMILES string of the molecule is Cc1ccc(N(CCC(=O)NCc2ccco2)S(=O)(=O)c2ccccc2)cc1. The number of aryl methyl sites for hydroxylation is 1. The minimum Gasteiger partial charge on any atom is -0.467 e. The van der Waals surface area contributed by atoms with Crippen LogP contribution in [0.25, 0.3) is 0 Å². The summed E-state index contributed by atoms with van der Waals surface area (Å²) in [4.78, 5) is 12.4. The number of hydrogen-bond acceptors (Lipinski definition) is 4. The zero-order valence-electron chi connectivity index (χ0n) is 15.5. The van der Waals surface area contributed by atoms with Crippen molar-refractivity contribution in [3.8, 4) is 0 Å². The average molecular weight is 398 g/mol. The number of amides is 1. The van der Waals surface area contributed by atoms with Gasteiger partial charge in [0.2, 0.25) is 5.91 Å². The van der Waals surface area contributed by atoms with Gasteiger partial charge in [0.1, 0.15) is 5.76 Å². The summed E-state index contributed by atoms with van der Waals surface area (Å²) in [6, 6.07) is 18.9. The van der Waals surface area contributed by atoms with Gasteiger partial charge in [0, 0.05) is 13.0 Å². The second-order valence-electron chi connectivity index (χ2n) is 6.33. The molecule has 146 valence electrons. The molecule has 7 heteroatoms. The van der Waals surface area contributed by atoms with Gasteiger partial charge in [0.25, 0.3) is 10.0 Å². The van der Waals surface area contributed by atoms with Crippen LogP contribution in [0.5, 0.6) is 0 Å². The predicted molar refractivity (Wildman–Crippen MR) is 107 cm³/mol. The third-order valence-corrected chi connectivity index (χ3v) is 6.08. The molecule has 1 N–H and O–H groups in total. The van der Waals surface area contributed by atoms with E-state index in [1.807, 2.05) is 19.1 Å². The number of carbonyl (C=O) groups excluding carboxylic acids is 1. The Morgan fingerprint density at radius 3 is 2.36 bits per heavy atom. The summed E-state index contributed by atoms with van der Waals surface area (Å²) in [6.45, 7) is 2.23. The highest BCUT2D eigenvalue weighted by Gasteiger charge is 2.25. The minimum atomic E-state index is -3.79. The van der Waals surface area contributed by atoms with Gasteiger partial charge in [-0.2, -0.15) is 0 Å². The maximum atomic E-state index is 13.2. The Balaban J connectivity index is 1.77. The van der Waals surface area contributed by atoms with Crippen LogP contribution in [-0.2, 0) is 21.4 Å². The van der Waals surface area contributed by atoms with Gasteiger partial charge < -0.3 is 9.73 Å². The molecule has 2 aromatic carbocycles. The molecule has 0 fully saturated rings. The highest BCUT2D eigenvalue weighted by atomic mass is 32.2. The van der Waals surface area contributed by atoms with E-state index in [9.17, 15) is 13.2 Å². The molecule has 0 spiro atoms. The van der Waals surface area contributed by atoms with Crippen LogP contribution >= 0.6 is 0 Å². The van der Waals surface area contributed by atoms with Crippen molar-refractivity contribution in [2.45, 2.75) is 24.8 Å². The van der Waals surface area contributed by atoms with Gasteiger partial charge in [-0.15, -0.1) is 0 Å². The van der Waals surface area contributed by atoms with E-state index in [1.165, 1.54) is 10.6 Å². The number of hydrogen-bond donors (Lipinski definition) is 1. The first-order chi connectivity index (χ1) is 13.5. The molecule has 1 heterocycles. The van der Waals surface area contributed by atoms with Crippen molar-refractivity contribution in [1.82, 2.24) is 5.32 Å². The fraction of sp³-hybridized carbons (Fsp3) is 0.190. The number of nitrogens with zero attached hydrogens (tertiary/aromatic N) is 1. The quantitative estimate of drug-likeness (QED) is 0.630. The Bertz CT molecular complexity index is 998. The van der Waals surface area contributed by atoms with Crippen molar-refractivity contribution < 1.29 is 17.6 Å². The first-order valence-electron chi connectivity index (χ1n) is 8.90. The lowest BCUT2D eigenvalue weighted by atomic mass is 10.2. The number of anilines is 1. The van der Waals surface area contributed by atoms with E-state index < -0.39 is 10.0 Å². The summed E-state index contributed by atoms with van der Waals surface area (Å²) >= 11 is 0. The first-order valence-corrected chi connectivity index (χ1v) is 10.3. The molecule has 0 saturated carbocycles. The van der Waals surface area contributed by atoms with E-state index in [1.54, 1.807) is 54.6 Å². The number of sulfonamides is 1. The van der Waals surface area contributed by atoms with Crippen LogP contribution < -0.4 is 9.62 Å². The van der Waals surface area contributed by atoms with Crippen LogP contribution in [0.2, 0.25) is 0 Å². The molecule has 0 unspecified atom stereocenters. The fourth-order valence-corrected chi connectivity index (χ4v) is 4.20. The van der Waals surface area contributed by atoms with E-state index in [-0.39, 0.29) is 30.3 Å². The summed E-state index contributed by atoms with van der Waals surface area (Å²) < 4.78 is 32.8. The van der Waals surface area contributed by atoms with Crippen LogP contribution in [0.4, 0.5) is 5.69 Å². The molecule has 6 nitrogen and oxygen atoms in total. The zero-order chi connectivity index (χ0) is 20.0. The number of carbonyl (C=O) groups is 1. The Hall–Kier alpha value is -3.06. The molecule has 0 atom stereocenters. The summed E-state index contributed by atoms with van der Waals surface area (Å²) in [5.41, 5.74) is 1.55. The molecule has 3 aromatic rings. The van der Waals surface area contributed by atoms with Gasteiger partial charge in [0.15, 0.2) is 0 Å².